The van der Waals surface area contributed by atoms with Gasteiger partial charge in [0.05, 0.1) is 5.69 Å². The predicted molar refractivity (Wildman–Crippen MR) is 114 cm³/mol. The SMILES string of the molecule is Cc1ccc(-c2ccc(=O)n(C(C)C(=O)N3CCN(c4ncccn4)CC3)n2)cc1. The van der Waals surface area contributed by atoms with Crippen LogP contribution in [-0.2, 0) is 4.79 Å². The second-order valence-electron chi connectivity index (χ2n) is 7.40. The molecule has 2 aromatic heterocycles. The van der Waals surface area contributed by atoms with Crippen molar-refractivity contribution in [2.45, 2.75) is 19.9 Å². The Kier molecular flexibility index (Phi) is 5.56. The van der Waals surface area contributed by atoms with E-state index < -0.39 is 6.04 Å². The van der Waals surface area contributed by atoms with Crippen LogP contribution in [0.25, 0.3) is 11.3 Å². The van der Waals surface area contributed by atoms with Crippen molar-refractivity contribution in [3.8, 4) is 11.3 Å². The van der Waals surface area contributed by atoms with E-state index in [9.17, 15) is 9.59 Å². The van der Waals surface area contributed by atoms with Gasteiger partial charge in [-0.2, -0.15) is 5.10 Å². The van der Waals surface area contributed by atoms with Gasteiger partial charge in [0.15, 0.2) is 0 Å². The van der Waals surface area contributed by atoms with Crippen molar-refractivity contribution in [2.24, 2.45) is 0 Å². The fourth-order valence-corrected chi connectivity index (χ4v) is 3.53. The fraction of sp³-hybridized carbons (Fsp3) is 0.318. The summed E-state index contributed by atoms with van der Waals surface area (Å²) >= 11 is 0. The number of aryl methyl sites for hydroxylation is 1. The molecule has 0 N–H and O–H groups in total. The second-order valence-corrected chi connectivity index (χ2v) is 7.40. The summed E-state index contributed by atoms with van der Waals surface area (Å²) in [7, 11) is 0. The first-order valence-electron chi connectivity index (χ1n) is 10.0. The Morgan fingerprint density at radius 3 is 2.30 bits per heavy atom. The molecule has 30 heavy (non-hydrogen) atoms. The molecule has 1 saturated heterocycles. The zero-order chi connectivity index (χ0) is 21.1. The smallest absolute Gasteiger partial charge is 0.267 e. The molecule has 0 radical (unpaired) electrons. The Morgan fingerprint density at radius 2 is 1.63 bits per heavy atom. The summed E-state index contributed by atoms with van der Waals surface area (Å²) in [6.07, 6.45) is 3.42. The summed E-state index contributed by atoms with van der Waals surface area (Å²) in [5, 5.41) is 4.48. The number of hydrogen-bond donors (Lipinski definition) is 0. The lowest BCUT2D eigenvalue weighted by Gasteiger charge is -2.35. The highest BCUT2D eigenvalue weighted by Crippen LogP contribution is 2.18. The topological polar surface area (TPSA) is 84.2 Å². The van der Waals surface area contributed by atoms with Gasteiger partial charge in [-0.25, -0.2) is 14.6 Å². The molecule has 8 heteroatoms. The summed E-state index contributed by atoms with van der Waals surface area (Å²) < 4.78 is 1.28. The molecule has 154 valence electrons. The lowest BCUT2D eigenvalue weighted by molar-refractivity contribution is -0.135. The maximum atomic E-state index is 13.1. The van der Waals surface area contributed by atoms with Crippen LogP contribution in [0.5, 0.6) is 0 Å². The molecule has 1 aromatic carbocycles. The zero-order valence-electron chi connectivity index (χ0n) is 17.1. The van der Waals surface area contributed by atoms with Gasteiger partial charge in [-0.15, -0.1) is 0 Å². The molecular formula is C22H24N6O2. The highest BCUT2D eigenvalue weighted by molar-refractivity contribution is 5.80. The number of benzene rings is 1. The number of aromatic nitrogens is 4. The molecule has 0 saturated carbocycles. The van der Waals surface area contributed by atoms with Gasteiger partial charge < -0.3 is 9.80 Å². The molecule has 1 amide bonds. The minimum atomic E-state index is -0.678. The molecule has 0 bridgehead atoms. The molecule has 8 nitrogen and oxygen atoms in total. The number of carbonyl (C=O) groups is 1. The van der Waals surface area contributed by atoms with E-state index in [2.05, 4.69) is 20.0 Å². The van der Waals surface area contributed by atoms with E-state index in [0.29, 0.717) is 37.8 Å². The van der Waals surface area contributed by atoms with Gasteiger partial charge in [-0.05, 0) is 26.0 Å². The minimum Gasteiger partial charge on any atom is -0.337 e. The van der Waals surface area contributed by atoms with Gasteiger partial charge >= 0.3 is 0 Å². The number of hydrogen-bond acceptors (Lipinski definition) is 6. The highest BCUT2D eigenvalue weighted by atomic mass is 16.2. The van der Waals surface area contributed by atoms with Crippen LogP contribution in [0, 0.1) is 6.92 Å². The summed E-state index contributed by atoms with van der Waals surface area (Å²) in [5.41, 5.74) is 2.43. The van der Waals surface area contributed by atoms with Crippen molar-refractivity contribution in [3.05, 3.63) is 70.8 Å². The number of rotatable bonds is 4. The molecular weight excluding hydrogens is 380 g/mol. The Hall–Kier alpha value is -3.55. The Labute approximate surface area is 174 Å². The van der Waals surface area contributed by atoms with Crippen LogP contribution in [0.3, 0.4) is 0 Å². The third kappa shape index (κ3) is 4.07. The standard InChI is InChI=1S/C22H24N6O2/c1-16-4-6-18(7-5-16)19-8-9-20(29)28(25-19)17(2)21(30)26-12-14-27(15-13-26)22-23-10-3-11-24-22/h3-11,17H,12-15H2,1-2H3. The number of carbonyl (C=O) groups excluding carboxylic acids is 1. The minimum absolute atomic E-state index is 0.112. The van der Waals surface area contributed by atoms with Crippen LogP contribution >= 0.6 is 0 Å². The monoisotopic (exact) mass is 404 g/mol. The summed E-state index contributed by atoms with van der Waals surface area (Å²) in [4.78, 5) is 37.9. The van der Waals surface area contributed by atoms with Crippen molar-refractivity contribution in [3.63, 3.8) is 0 Å². The third-order valence-electron chi connectivity index (χ3n) is 5.32. The van der Waals surface area contributed by atoms with Crippen molar-refractivity contribution in [1.82, 2.24) is 24.6 Å². The van der Waals surface area contributed by atoms with Crippen LogP contribution in [0.1, 0.15) is 18.5 Å². The molecule has 0 spiro atoms. The van der Waals surface area contributed by atoms with Gasteiger partial charge in [0.25, 0.3) is 5.56 Å². The molecule has 3 heterocycles. The first kappa shape index (κ1) is 19.8. The Balaban J connectivity index is 1.48. The van der Waals surface area contributed by atoms with E-state index in [0.717, 1.165) is 11.1 Å². The third-order valence-corrected chi connectivity index (χ3v) is 5.32. The first-order chi connectivity index (χ1) is 14.5. The maximum Gasteiger partial charge on any atom is 0.267 e. The maximum absolute atomic E-state index is 13.1. The van der Waals surface area contributed by atoms with Crippen LogP contribution in [-0.4, -0.2) is 56.7 Å². The van der Waals surface area contributed by atoms with E-state index in [1.165, 1.54) is 10.7 Å². The molecule has 0 aliphatic carbocycles. The van der Waals surface area contributed by atoms with Crippen molar-refractivity contribution in [1.29, 1.82) is 0 Å². The van der Waals surface area contributed by atoms with Crippen LogP contribution in [0.15, 0.2) is 59.7 Å². The molecule has 1 unspecified atom stereocenters. The van der Waals surface area contributed by atoms with Crippen LogP contribution in [0.4, 0.5) is 5.95 Å². The molecule has 1 aliphatic heterocycles. The van der Waals surface area contributed by atoms with E-state index in [1.807, 2.05) is 31.2 Å². The zero-order valence-corrected chi connectivity index (χ0v) is 17.1. The molecule has 3 aromatic rings. The molecule has 1 aliphatic rings. The van der Waals surface area contributed by atoms with Crippen molar-refractivity contribution < 1.29 is 4.79 Å². The first-order valence-corrected chi connectivity index (χ1v) is 10.0. The van der Waals surface area contributed by atoms with Gasteiger partial charge in [0.1, 0.15) is 6.04 Å². The number of amides is 1. The van der Waals surface area contributed by atoms with E-state index in [4.69, 9.17) is 0 Å². The summed E-state index contributed by atoms with van der Waals surface area (Å²) in [5.74, 6) is 0.556. The average Bonchev–Trinajstić information content (AvgIpc) is 2.80. The normalized spacial score (nSPS) is 15.1. The number of anilines is 1. The van der Waals surface area contributed by atoms with Gasteiger partial charge in [0.2, 0.25) is 11.9 Å². The van der Waals surface area contributed by atoms with E-state index in [-0.39, 0.29) is 11.5 Å². The van der Waals surface area contributed by atoms with Crippen molar-refractivity contribution in [2.75, 3.05) is 31.1 Å². The largest absolute Gasteiger partial charge is 0.337 e. The fourth-order valence-electron chi connectivity index (χ4n) is 3.53. The lowest BCUT2D eigenvalue weighted by Crippen LogP contribution is -2.51. The van der Waals surface area contributed by atoms with E-state index >= 15 is 0 Å². The summed E-state index contributed by atoms with van der Waals surface area (Å²) in [6, 6.07) is 12.2. The molecule has 1 atom stereocenters. The number of nitrogens with zero attached hydrogens (tertiary/aromatic N) is 6. The van der Waals surface area contributed by atoms with Crippen molar-refractivity contribution >= 4 is 11.9 Å². The van der Waals surface area contributed by atoms with Gasteiger partial charge in [-0.3, -0.25) is 9.59 Å². The molecule has 1 fully saturated rings. The van der Waals surface area contributed by atoms with Gasteiger partial charge in [0, 0.05) is 50.2 Å². The molecule has 4 rings (SSSR count). The highest BCUT2D eigenvalue weighted by Gasteiger charge is 2.27. The van der Waals surface area contributed by atoms with E-state index in [1.54, 1.807) is 36.4 Å². The quantitative estimate of drug-likeness (QED) is 0.661. The Bertz CT molecular complexity index is 1070. The second kappa shape index (κ2) is 8.44. The Morgan fingerprint density at radius 1 is 0.967 bits per heavy atom. The van der Waals surface area contributed by atoms with Crippen LogP contribution in [0.2, 0.25) is 0 Å². The lowest BCUT2D eigenvalue weighted by atomic mass is 10.1. The summed E-state index contributed by atoms with van der Waals surface area (Å²) in [6.45, 7) is 6.13. The number of piperazine rings is 1. The van der Waals surface area contributed by atoms with Gasteiger partial charge in [-0.1, -0.05) is 29.8 Å². The predicted octanol–water partition coefficient (Wildman–Crippen LogP) is 1.92. The van der Waals surface area contributed by atoms with Crippen LogP contribution < -0.4 is 10.5 Å². The average molecular weight is 404 g/mol.